The first-order valence-electron chi connectivity index (χ1n) is 6.36. The second kappa shape index (κ2) is 6.37. The van der Waals surface area contributed by atoms with E-state index in [1.807, 2.05) is 19.9 Å². The maximum atomic E-state index is 12.2. The minimum atomic E-state index is -0.450. The van der Waals surface area contributed by atoms with Crippen LogP contribution in [0.5, 0.6) is 5.75 Å². The number of phenolic OH excluding ortho intramolecular Hbond substituents is 1. The summed E-state index contributed by atoms with van der Waals surface area (Å²) in [5.74, 6) is -0.693. The predicted octanol–water partition coefficient (Wildman–Crippen LogP) is 3.09. The Bertz CT molecular complexity index is 647. The highest BCUT2D eigenvalue weighted by Gasteiger charge is 2.18. The number of hydrogen-bond acceptors (Lipinski definition) is 3. The molecule has 1 heterocycles. The average Bonchev–Trinajstić information content (AvgIpc) is 2.72. The smallest absolute Gasteiger partial charge is 0.256 e. The number of aromatic hydroxyl groups is 1. The monoisotopic (exact) mass is 327 g/mol. The lowest BCUT2D eigenvalue weighted by atomic mass is 10.1. The Balaban J connectivity index is 2.07. The summed E-state index contributed by atoms with van der Waals surface area (Å²) in [4.78, 5) is 12.2. The molecular formula is C14H15Cl2N3O2. The lowest BCUT2D eigenvalue weighted by Gasteiger charge is -2.14. The fraction of sp³-hybridized carbons (Fsp3) is 0.286. The van der Waals surface area contributed by atoms with Crippen LogP contribution in [0.25, 0.3) is 0 Å². The molecule has 7 heteroatoms. The predicted molar refractivity (Wildman–Crippen MR) is 82.1 cm³/mol. The number of halogens is 2. The fourth-order valence-electron chi connectivity index (χ4n) is 2.02. The second-order valence-corrected chi connectivity index (χ2v) is 5.75. The van der Waals surface area contributed by atoms with Crippen LogP contribution in [0, 0.1) is 6.92 Å². The number of H-pyrrole nitrogens is 1. The first-order valence-corrected chi connectivity index (χ1v) is 7.12. The van der Waals surface area contributed by atoms with Gasteiger partial charge in [-0.15, -0.1) is 0 Å². The lowest BCUT2D eigenvalue weighted by molar-refractivity contribution is 0.0937. The van der Waals surface area contributed by atoms with Crippen molar-refractivity contribution in [2.24, 2.45) is 0 Å². The van der Waals surface area contributed by atoms with E-state index in [-0.39, 0.29) is 27.4 Å². The molecule has 0 aliphatic carbocycles. The van der Waals surface area contributed by atoms with E-state index in [9.17, 15) is 9.90 Å². The molecule has 0 radical (unpaired) electrons. The first-order chi connectivity index (χ1) is 9.86. The molecule has 2 aromatic rings. The molecule has 0 aliphatic heterocycles. The van der Waals surface area contributed by atoms with Gasteiger partial charge in [-0.1, -0.05) is 23.2 Å². The van der Waals surface area contributed by atoms with Crippen LogP contribution in [0.3, 0.4) is 0 Å². The Morgan fingerprint density at radius 1 is 1.43 bits per heavy atom. The molecule has 21 heavy (non-hydrogen) atoms. The van der Waals surface area contributed by atoms with Gasteiger partial charge in [0.25, 0.3) is 5.91 Å². The Morgan fingerprint density at radius 2 is 2.14 bits per heavy atom. The Kier molecular flexibility index (Phi) is 4.75. The van der Waals surface area contributed by atoms with Gasteiger partial charge >= 0.3 is 0 Å². The highest BCUT2D eigenvalue weighted by atomic mass is 35.5. The molecule has 1 atom stereocenters. The van der Waals surface area contributed by atoms with Crippen LogP contribution in [-0.2, 0) is 6.42 Å². The normalized spacial score (nSPS) is 12.2. The summed E-state index contributed by atoms with van der Waals surface area (Å²) in [7, 11) is 0. The van der Waals surface area contributed by atoms with Crippen LogP contribution < -0.4 is 5.32 Å². The van der Waals surface area contributed by atoms with E-state index in [0.29, 0.717) is 6.42 Å². The van der Waals surface area contributed by atoms with Crippen LogP contribution in [0.4, 0.5) is 0 Å². The number of nitrogens with zero attached hydrogens (tertiary/aromatic N) is 1. The van der Waals surface area contributed by atoms with Gasteiger partial charge in [-0.05, 0) is 32.0 Å². The number of aromatic amines is 1. The minimum absolute atomic E-state index is 0.0196. The van der Waals surface area contributed by atoms with Crippen molar-refractivity contribution in [2.45, 2.75) is 26.3 Å². The van der Waals surface area contributed by atoms with Crippen molar-refractivity contribution in [2.75, 3.05) is 0 Å². The van der Waals surface area contributed by atoms with Crippen molar-refractivity contribution in [1.29, 1.82) is 0 Å². The number of aryl methyl sites for hydroxylation is 1. The van der Waals surface area contributed by atoms with Crippen molar-refractivity contribution in [3.8, 4) is 5.75 Å². The molecule has 3 N–H and O–H groups in total. The van der Waals surface area contributed by atoms with Crippen molar-refractivity contribution < 1.29 is 9.90 Å². The van der Waals surface area contributed by atoms with Crippen molar-refractivity contribution in [3.63, 3.8) is 0 Å². The molecule has 0 saturated carbocycles. The summed E-state index contributed by atoms with van der Waals surface area (Å²) in [6, 6.07) is 4.45. The number of carbonyl (C=O) groups excluding carboxylic acids is 1. The number of phenols is 1. The first kappa shape index (κ1) is 15.7. The van der Waals surface area contributed by atoms with Gasteiger partial charge in [0.2, 0.25) is 0 Å². The fourth-order valence-corrected chi connectivity index (χ4v) is 2.59. The summed E-state index contributed by atoms with van der Waals surface area (Å²) in [5, 5.41) is 19.9. The van der Waals surface area contributed by atoms with Gasteiger partial charge in [0.05, 0.1) is 16.3 Å². The molecule has 0 fully saturated rings. The van der Waals surface area contributed by atoms with E-state index >= 15 is 0 Å². The average molecular weight is 328 g/mol. The molecule has 2 rings (SSSR count). The van der Waals surface area contributed by atoms with Crippen LogP contribution >= 0.6 is 23.2 Å². The molecule has 1 amide bonds. The molecule has 1 aromatic heterocycles. The van der Waals surface area contributed by atoms with Gasteiger partial charge < -0.3 is 10.4 Å². The largest absolute Gasteiger partial charge is 0.507 e. The number of benzene rings is 1. The zero-order valence-electron chi connectivity index (χ0n) is 11.6. The number of rotatable bonds is 4. The molecule has 0 unspecified atom stereocenters. The maximum absolute atomic E-state index is 12.2. The standard InChI is InChI=1S/C14H15Cl2N3O2/c1-7(3-10-4-8(2)18-19-10)17-14(21)13-11(16)5-9(15)6-12(13)20/h4-7,20H,3H2,1-2H3,(H,17,21)(H,18,19)/t7-/m0/s1. The van der Waals surface area contributed by atoms with Gasteiger partial charge in [0.15, 0.2) is 0 Å². The third-order valence-electron chi connectivity index (χ3n) is 2.91. The molecular weight excluding hydrogens is 313 g/mol. The van der Waals surface area contributed by atoms with Crippen molar-refractivity contribution in [1.82, 2.24) is 15.5 Å². The lowest BCUT2D eigenvalue weighted by Crippen LogP contribution is -2.34. The van der Waals surface area contributed by atoms with Gasteiger partial charge in [-0.25, -0.2) is 0 Å². The number of nitrogens with one attached hydrogen (secondary N) is 2. The quantitative estimate of drug-likeness (QED) is 0.807. The molecule has 112 valence electrons. The Morgan fingerprint density at radius 3 is 2.71 bits per heavy atom. The third-order valence-corrected chi connectivity index (χ3v) is 3.43. The topological polar surface area (TPSA) is 78.0 Å². The van der Waals surface area contributed by atoms with Crippen LogP contribution in [0.1, 0.15) is 28.7 Å². The van der Waals surface area contributed by atoms with Crippen LogP contribution in [-0.4, -0.2) is 27.3 Å². The minimum Gasteiger partial charge on any atom is -0.507 e. The van der Waals surface area contributed by atoms with E-state index < -0.39 is 5.91 Å². The summed E-state index contributed by atoms with van der Waals surface area (Å²) in [6.45, 7) is 3.76. The molecule has 0 aliphatic rings. The summed E-state index contributed by atoms with van der Waals surface area (Å²) < 4.78 is 0. The van der Waals surface area contributed by atoms with Gasteiger partial charge in [-0.2, -0.15) is 5.10 Å². The number of aromatic nitrogens is 2. The van der Waals surface area contributed by atoms with Gasteiger partial charge in [0.1, 0.15) is 5.75 Å². The highest BCUT2D eigenvalue weighted by molar-refractivity contribution is 6.37. The zero-order chi connectivity index (χ0) is 15.6. The van der Waals surface area contributed by atoms with Crippen molar-refractivity contribution in [3.05, 3.63) is 45.2 Å². The molecule has 5 nitrogen and oxygen atoms in total. The van der Waals surface area contributed by atoms with E-state index in [1.165, 1.54) is 12.1 Å². The van der Waals surface area contributed by atoms with E-state index in [0.717, 1.165) is 11.4 Å². The summed E-state index contributed by atoms with van der Waals surface area (Å²) in [5.41, 5.74) is 1.83. The van der Waals surface area contributed by atoms with E-state index in [1.54, 1.807) is 0 Å². The molecule has 1 aromatic carbocycles. The summed E-state index contributed by atoms with van der Waals surface area (Å²) >= 11 is 11.7. The zero-order valence-corrected chi connectivity index (χ0v) is 13.1. The Labute approximate surface area is 132 Å². The third kappa shape index (κ3) is 3.89. The second-order valence-electron chi connectivity index (χ2n) is 4.90. The van der Waals surface area contributed by atoms with Crippen LogP contribution in [0.2, 0.25) is 10.0 Å². The molecule has 0 spiro atoms. The van der Waals surface area contributed by atoms with Crippen molar-refractivity contribution >= 4 is 29.1 Å². The van der Waals surface area contributed by atoms with E-state index in [2.05, 4.69) is 15.5 Å². The molecule has 0 bridgehead atoms. The van der Waals surface area contributed by atoms with Gasteiger partial charge in [-0.3, -0.25) is 9.89 Å². The SMILES string of the molecule is Cc1cc(C[C@H](C)NC(=O)c2c(O)cc(Cl)cc2Cl)n[nH]1. The number of carbonyl (C=O) groups is 1. The van der Waals surface area contributed by atoms with E-state index in [4.69, 9.17) is 23.2 Å². The highest BCUT2D eigenvalue weighted by Crippen LogP contribution is 2.29. The van der Waals surface area contributed by atoms with Gasteiger partial charge in [0, 0.05) is 23.2 Å². The number of hydrogen-bond donors (Lipinski definition) is 3. The number of amides is 1. The maximum Gasteiger partial charge on any atom is 0.256 e. The summed E-state index contributed by atoms with van der Waals surface area (Å²) in [6.07, 6.45) is 0.571. The Hall–Kier alpha value is -1.72. The van der Waals surface area contributed by atoms with Crippen LogP contribution in [0.15, 0.2) is 18.2 Å². The molecule has 0 saturated heterocycles.